The van der Waals surface area contributed by atoms with Gasteiger partial charge in [0, 0.05) is 36.5 Å². The molecule has 0 N–H and O–H groups in total. The van der Waals surface area contributed by atoms with Crippen LogP contribution in [0.5, 0.6) is 11.5 Å². The highest BCUT2D eigenvalue weighted by Gasteiger charge is 2.53. The molecule has 2 aromatic carbocycles. The normalized spacial score (nSPS) is 27.2. The second-order valence-electron chi connectivity index (χ2n) is 7.07. The first kappa shape index (κ1) is 15.8. The van der Waals surface area contributed by atoms with Gasteiger partial charge < -0.3 is 18.9 Å². The Bertz CT molecular complexity index is 1100. The maximum absolute atomic E-state index is 12.5. The van der Waals surface area contributed by atoms with E-state index in [-0.39, 0.29) is 11.6 Å². The molecule has 2 heterocycles. The predicted octanol–water partition coefficient (Wildman–Crippen LogP) is 3.24. The lowest BCUT2D eigenvalue weighted by molar-refractivity contribution is -0.145. The van der Waals surface area contributed by atoms with Gasteiger partial charge in [0.05, 0.1) is 11.1 Å². The van der Waals surface area contributed by atoms with Crippen LogP contribution >= 0.6 is 0 Å². The SMILES string of the molecule is CO[C@@]12C=CC(=O)c3ccc4c(c31)-c1c(ccc3c1[C@@](OC)(C=CC3=O)O4)O2. The van der Waals surface area contributed by atoms with E-state index in [1.54, 1.807) is 36.4 Å². The molecule has 0 aromatic heterocycles. The third-order valence-electron chi connectivity index (χ3n) is 5.85. The number of methoxy groups -OCH3 is 2. The number of hydrogen-bond acceptors (Lipinski definition) is 6. The van der Waals surface area contributed by atoms with E-state index in [0.717, 1.165) is 0 Å². The molecule has 0 spiro atoms. The Balaban J connectivity index is 1.81. The van der Waals surface area contributed by atoms with E-state index in [0.29, 0.717) is 44.9 Å². The van der Waals surface area contributed by atoms with Crippen LogP contribution in [0.15, 0.2) is 48.6 Å². The van der Waals surface area contributed by atoms with Crippen molar-refractivity contribution >= 4 is 11.6 Å². The fraction of sp³-hybridized carbons (Fsp3) is 0.182. The number of allylic oxidation sites excluding steroid dienone is 2. The molecule has 138 valence electrons. The Hall–Kier alpha value is -3.22. The average molecular weight is 374 g/mol. The fourth-order valence-corrected chi connectivity index (χ4v) is 4.61. The summed E-state index contributed by atoms with van der Waals surface area (Å²) in [5.74, 6) is -1.66. The second-order valence-corrected chi connectivity index (χ2v) is 7.07. The Morgan fingerprint density at radius 3 is 1.54 bits per heavy atom. The number of ether oxygens (including phenoxy) is 4. The second kappa shape index (κ2) is 4.79. The lowest BCUT2D eigenvalue weighted by Crippen LogP contribution is -2.45. The van der Waals surface area contributed by atoms with Gasteiger partial charge >= 0.3 is 0 Å². The average Bonchev–Trinajstić information content (AvgIpc) is 2.73. The van der Waals surface area contributed by atoms with Crippen LogP contribution in [-0.4, -0.2) is 25.8 Å². The van der Waals surface area contributed by atoms with Crippen LogP contribution in [-0.2, 0) is 21.0 Å². The summed E-state index contributed by atoms with van der Waals surface area (Å²) in [5.41, 5.74) is 3.55. The number of carbonyl (C=O) groups is 2. The van der Waals surface area contributed by atoms with Crippen molar-refractivity contribution in [3.05, 3.63) is 70.8 Å². The molecule has 0 unspecified atom stereocenters. The van der Waals surface area contributed by atoms with Gasteiger partial charge in [-0.05, 0) is 48.6 Å². The lowest BCUT2D eigenvalue weighted by atomic mass is 9.75. The molecule has 0 fully saturated rings. The van der Waals surface area contributed by atoms with Crippen molar-refractivity contribution in [1.29, 1.82) is 0 Å². The van der Waals surface area contributed by atoms with E-state index in [4.69, 9.17) is 18.9 Å². The number of carbonyl (C=O) groups excluding carboxylic acids is 2. The van der Waals surface area contributed by atoms with Crippen molar-refractivity contribution in [3.8, 4) is 22.6 Å². The van der Waals surface area contributed by atoms with Gasteiger partial charge in [-0.15, -0.1) is 0 Å². The van der Waals surface area contributed by atoms with Crippen molar-refractivity contribution in [3.63, 3.8) is 0 Å². The number of ketones is 2. The fourth-order valence-electron chi connectivity index (χ4n) is 4.61. The molecule has 0 saturated carbocycles. The zero-order chi connectivity index (χ0) is 19.3. The monoisotopic (exact) mass is 374 g/mol. The summed E-state index contributed by atoms with van der Waals surface area (Å²) in [6.07, 6.45) is 6.14. The van der Waals surface area contributed by atoms with Crippen molar-refractivity contribution in [1.82, 2.24) is 0 Å². The van der Waals surface area contributed by atoms with E-state index in [1.807, 2.05) is 0 Å². The first-order valence-corrected chi connectivity index (χ1v) is 8.84. The summed E-state index contributed by atoms with van der Waals surface area (Å²) in [7, 11) is 3.06. The van der Waals surface area contributed by atoms with E-state index in [2.05, 4.69) is 0 Å². The van der Waals surface area contributed by atoms with Crippen molar-refractivity contribution in [2.45, 2.75) is 11.6 Å². The van der Waals surface area contributed by atoms with Crippen LogP contribution in [0, 0.1) is 0 Å². The van der Waals surface area contributed by atoms with Crippen molar-refractivity contribution < 1.29 is 28.5 Å². The molecule has 28 heavy (non-hydrogen) atoms. The third-order valence-corrected chi connectivity index (χ3v) is 5.85. The first-order chi connectivity index (χ1) is 13.5. The lowest BCUT2D eigenvalue weighted by Gasteiger charge is -2.46. The molecule has 0 amide bonds. The Morgan fingerprint density at radius 1 is 0.714 bits per heavy atom. The molecule has 2 atom stereocenters. The Morgan fingerprint density at radius 2 is 1.14 bits per heavy atom. The molecule has 2 aliphatic carbocycles. The minimum absolute atomic E-state index is 0.137. The third kappa shape index (κ3) is 1.58. The number of rotatable bonds is 2. The highest BCUT2D eigenvalue weighted by Crippen LogP contribution is 2.60. The van der Waals surface area contributed by atoms with Crippen LogP contribution in [0.25, 0.3) is 11.1 Å². The molecular weight excluding hydrogens is 360 g/mol. The van der Waals surface area contributed by atoms with Gasteiger partial charge in [-0.1, -0.05) is 0 Å². The van der Waals surface area contributed by atoms with Gasteiger partial charge in [0.25, 0.3) is 11.6 Å². The summed E-state index contributed by atoms with van der Waals surface area (Å²) in [5, 5.41) is 0. The molecule has 0 bridgehead atoms. The molecule has 6 rings (SSSR count). The van der Waals surface area contributed by atoms with Gasteiger partial charge in [0.1, 0.15) is 11.5 Å². The van der Waals surface area contributed by atoms with Crippen LogP contribution in [0.4, 0.5) is 0 Å². The van der Waals surface area contributed by atoms with E-state index in [9.17, 15) is 9.59 Å². The van der Waals surface area contributed by atoms with Crippen molar-refractivity contribution in [2.75, 3.05) is 14.2 Å². The van der Waals surface area contributed by atoms with Gasteiger partial charge in [-0.25, -0.2) is 0 Å². The van der Waals surface area contributed by atoms with Gasteiger partial charge in [0.2, 0.25) is 0 Å². The Kier molecular flexibility index (Phi) is 2.70. The quantitative estimate of drug-likeness (QED) is 0.804. The molecule has 6 heteroatoms. The zero-order valence-corrected chi connectivity index (χ0v) is 15.1. The van der Waals surface area contributed by atoms with Gasteiger partial charge in [0.15, 0.2) is 11.6 Å². The van der Waals surface area contributed by atoms with Crippen LogP contribution < -0.4 is 9.47 Å². The summed E-state index contributed by atoms with van der Waals surface area (Å²) in [6, 6.07) is 6.92. The number of benzene rings is 2. The molecule has 6 nitrogen and oxygen atoms in total. The topological polar surface area (TPSA) is 71.1 Å². The molecule has 4 aliphatic rings. The van der Waals surface area contributed by atoms with Crippen molar-refractivity contribution in [2.24, 2.45) is 0 Å². The van der Waals surface area contributed by atoms with Crippen LogP contribution in [0.2, 0.25) is 0 Å². The minimum atomic E-state index is -1.24. The molecule has 0 radical (unpaired) electrons. The predicted molar refractivity (Wildman–Crippen MR) is 97.4 cm³/mol. The smallest absolute Gasteiger partial charge is 0.258 e. The van der Waals surface area contributed by atoms with Gasteiger partial charge in [-0.2, -0.15) is 0 Å². The molecule has 2 aromatic rings. The van der Waals surface area contributed by atoms with Gasteiger partial charge in [-0.3, -0.25) is 9.59 Å². The van der Waals surface area contributed by atoms with E-state index < -0.39 is 11.6 Å². The minimum Gasteiger partial charge on any atom is -0.454 e. The summed E-state index contributed by atoms with van der Waals surface area (Å²) in [4.78, 5) is 25.1. The maximum Gasteiger partial charge on any atom is 0.258 e. The largest absolute Gasteiger partial charge is 0.454 e. The molecule has 0 saturated heterocycles. The van der Waals surface area contributed by atoms with Crippen LogP contribution in [0.1, 0.15) is 31.8 Å². The summed E-state index contributed by atoms with van der Waals surface area (Å²) >= 11 is 0. The molecule has 2 aliphatic heterocycles. The Labute approximate surface area is 160 Å². The summed E-state index contributed by atoms with van der Waals surface area (Å²) in [6.45, 7) is 0. The summed E-state index contributed by atoms with van der Waals surface area (Å²) < 4.78 is 24.1. The number of hydrogen-bond donors (Lipinski definition) is 0. The molecular formula is C22H14O6. The van der Waals surface area contributed by atoms with Crippen LogP contribution in [0.3, 0.4) is 0 Å². The van der Waals surface area contributed by atoms with E-state index >= 15 is 0 Å². The highest BCUT2D eigenvalue weighted by molar-refractivity contribution is 6.12. The van der Waals surface area contributed by atoms with E-state index in [1.165, 1.54) is 26.4 Å². The first-order valence-electron chi connectivity index (χ1n) is 8.84. The standard InChI is InChI=1S/C22H14O6/c1-25-21-9-7-13(23)11-3-6-16-17(19(11)21)18-15(27-21)5-4-12-14(24)8-10-22(26-2,28-16)20(12)18/h3-10H,1-2H3/t21-,22-/m1/s1. The zero-order valence-electron chi connectivity index (χ0n) is 15.1. The maximum atomic E-state index is 12.5. The highest BCUT2D eigenvalue weighted by atomic mass is 16.7.